The molecule has 0 amide bonds. The zero-order valence-corrected chi connectivity index (χ0v) is 19.7. The number of halogens is 1. The molecule has 0 saturated carbocycles. The lowest BCUT2D eigenvalue weighted by Crippen LogP contribution is -2.40. The summed E-state index contributed by atoms with van der Waals surface area (Å²) in [4.78, 5) is 7.09. The molecule has 1 aromatic carbocycles. The van der Waals surface area contributed by atoms with Gasteiger partial charge >= 0.3 is 0 Å². The van der Waals surface area contributed by atoms with Crippen molar-refractivity contribution in [2.24, 2.45) is 4.99 Å². The Bertz CT molecular complexity index is 534. The highest BCUT2D eigenvalue weighted by Crippen LogP contribution is 2.12. The molecule has 2 rings (SSSR count). The van der Waals surface area contributed by atoms with Gasteiger partial charge in [0.05, 0.1) is 26.4 Å². The van der Waals surface area contributed by atoms with E-state index in [4.69, 9.17) is 9.47 Å². The number of nitrogens with zero attached hydrogens (tertiary/aromatic N) is 2. The Kier molecular flexibility index (Phi) is 14.1. The molecule has 160 valence electrons. The summed E-state index contributed by atoms with van der Waals surface area (Å²) < 4.78 is 11.1. The molecule has 0 atom stereocenters. The van der Waals surface area contributed by atoms with Gasteiger partial charge in [-0.2, -0.15) is 0 Å². The molecule has 0 spiro atoms. The second-order valence-corrected chi connectivity index (χ2v) is 6.74. The van der Waals surface area contributed by atoms with Crippen LogP contribution in [0.15, 0.2) is 29.3 Å². The number of morpholine rings is 1. The summed E-state index contributed by atoms with van der Waals surface area (Å²) in [5.41, 5.74) is 1.30. The van der Waals surface area contributed by atoms with Crippen LogP contribution in [0.2, 0.25) is 0 Å². The van der Waals surface area contributed by atoms with E-state index in [1.165, 1.54) is 5.56 Å². The third-order valence-corrected chi connectivity index (χ3v) is 4.53. The lowest BCUT2D eigenvalue weighted by atomic mass is 10.1. The molecule has 1 aliphatic heterocycles. The molecule has 1 saturated heterocycles. The maximum Gasteiger partial charge on any atom is 0.191 e. The Balaban J connectivity index is 0.00000392. The largest absolute Gasteiger partial charge is 0.494 e. The highest BCUT2D eigenvalue weighted by atomic mass is 127. The first-order chi connectivity index (χ1) is 13.3. The standard InChI is InChI=1S/C21H36N4O2.HI/c1-3-5-16-27-20-8-6-19(7-9-20)10-11-23-21(22-4-2)24-12-13-25-14-17-26-18-15-25;/h6-9H,3-5,10-18H2,1-2H3,(H2,22,23,24);1H. The number of aliphatic imine (C=N–C) groups is 1. The van der Waals surface area contributed by atoms with Crippen molar-refractivity contribution in [3.8, 4) is 5.75 Å². The monoisotopic (exact) mass is 504 g/mol. The Morgan fingerprint density at radius 2 is 1.89 bits per heavy atom. The van der Waals surface area contributed by atoms with Crippen LogP contribution in [-0.2, 0) is 11.2 Å². The number of hydrogen-bond donors (Lipinski definition) is 2. The van der Waals surface area contributed by atoms with Crippen LogP contribution in [0, 0.1) is 0 Å². The van der Waals surface area contributed by atoms with Crippen molar-refractivity contribution in [2.45, 2.75) is 33.1 Å². The van der Waals surface area contributed by atoms with Crippen molar-refractivity contribution < 1.29 is 9.47 Å². The maximum atomic E-state index is 5.71. The molecule has 6 nitrogen and oxygen atoms in total. The van der Waals surface area contributed by atoms with Gasteiger partial charge in [0.2, 0.25) is 0 Å². The molecule has 0 unspecified atom stereocenters. The van der Waals surface area contributed by atoms with Crippen LogP contribution >= 0.6 is 24.0 Å². The van der Waals surface area contributed by atoms with Crippen molar-refractivity contribution in [3.63, 3.8) is 0 Å². The normalized spacial score (nSPS) is 15.0. The van der Waals surface area contributed by atoms with Crippen LogP contribution in [0.1, 0.15) is 32.3 Å². The van der Waals surface area contributed by atoms with Gasteiger partial charge in [-0.15, -0.1) is 24.0 Å². The van der Waals surface area contributed by atoms with E-state index < -0.39 is 0 Å². The molecule has 28 heavy (non-hydrogen) atoms. The van der Waals surface area contributed by atoms with Crippen LogP contribution < -0.4 is 15.4 Å². The molecule has 0 aromatic heterocycles. The fraction of sp³-hybridized carbons (Fsp3) is 0.667. The van der Waals surface area contributed by atoms with Crippen LogP contribution in [0.25, 0.3) is 0 Å². The van der Waals surface area contributed by atoms with Gasteiger partial charge in [-0.1, -0.05) is 25.5 Å². The minimum Gasteiger partial charge on any atom is -0.494 e. The number of ether oxygens (including phenoxy) is 2. The minimum atomic E-state index is 0. The first-order valence-corrected chi connectivity index (χ1v) is 10.4. The molecule has 0 bridgehead atoms. The van der Waals surface area contributed by atoms with Crippen LogP contribution in [0.5, 0.6) is 5.75 Å². The summed E-state index contributed by atoms with van der Waals surface area (Å²) >= 11 is 0. The smallest absolute Gasteiger partial charge is 0.191 e. The first kappa shape index (κ1) is 25.0. The van der Waals surface area contributed by atoms with Gasteiger partial charge in [-0.3, -0.25) is 9.89 Å². The Hall–Kier alpha value is -1.06. The van der Waals surface area contributed by atoms with E-state index in [2.05, 4.69) is 58.6 Å². The molecule has 0 aliphatic carbocycles. The number of unbranched alkanes of at least 4 members (excludes halogenated alkanes) is 1. The molecule has 1 aromatic rings. The highest BCUT2D eigenvalue weighted by Gasteiger charge is 2.09. The third-order valence-electron chi connectivity index (χ3n) is 4.53. The Labute approximate surface area is 187 Å². The van der Waals surface area contributed by atoms with Gasteiger partial charge in [-0.05, 0) is 37.5 Å². The molecule has 1 fully saturated rings. The summed E-state index contributed by atoms with van der Waals surface area (Å²) in [7, 11) is 0. The van der Waals surface area contributed by atoms with Gasteiger partial charge < -0.3 is 20.1 Å². The summed E-state index contributed by atoms with van der Waals surface area (Å²) in [6.45, 7) is 12.3. The van der Waals surface area contributed by atoms with E-state index in [0.29, 0.717) is 0 Å². The van der Waals surface area contributed by atoms with Crippen LogP contribution in [0.4, 0.5) is 0 Å². The molecule has 1 aliphatic rings. The fourth-order valence-corrected chi connectivity index (χ4v) is 2.88. The van der Waals surface area contributed by atoms with Crippen molar-refractivity contribution in [2.75, 3.05) is 59.1 Å². The summed E-state index contributed by atoms with van der Waals surface area (Å²) in [6, 6.07) is 8.41. The molecule has 7 heteroatoms. The Morgan fingerprint density at radius 1 is 1.14 bits per heavy atom. The quantitative estimate of drug-likeness (QED) is 0.210. The van der Waals surface area contributed by atoms with Gasteiger partial charge in [0.25, 0.3) is 0 Å². The predicted octanol–water partition coefficient (Wildman–Crippen LogP) is 2.91. The molecular weight excluding hydrogens is 467 g/mol. The van der Waals surface area contributed by atoms with E-state index in [1.807, 2.05) is 0 Å². The van der Waals surface area contributed by atoms with E-state index in [9.17, 15) is 0 Å². The second-order valence-electron chi connectivity index (χ2n) is 6.74. The lowest BCUT2D eigenvalue weighted by Gasteiger charge is -2.25. The predicted molar refractivity (Wildman–Crippen MR) is 127 cm³/mol. The van der Waals surface area contributed by atoms with E-state index in [0.717, 1.165) is 90.1 Å². The second kappa shape index (κ2) is 15.8. The Morgan fingerprint density at radius 3 is 2.57 bits per heavy atom. The first-order valence-electron chi connectivity index (χ1n) is 10.4. The lowest BCUT2D eigenvalue weighted by molar-refractivity contribution is 0.0394. The number of benzene rings is 1. The maximum absolute atomic E-state index is 5.71. The summed E-state index contributed by atoms with van der Waals surface area (Å²) in [5, 5.41) is 6.75. The van der Waals surface area contributed by atoms with Crippen molar-refractivity contribution in [3.05, 3.63) is 29.8 Å². The molecular formula is C21H37IN4O2. The number of hydrogen-bond acceptors (Lipinski definition) is 4. The molecule has 1 heterocycles. The molecule has 2 N–H and O–H groups in total. The van der Waals surface area contributed by atoms with Crippen LogP contribution in [0.3, 0.4) is 0 Å². The van der Waals surface area contributed by atoms with Crippen molar-refractivity contribution >= 4 is 29.9 Å². The topological polar surface area (TPSA) is 58.1 Å². The van der Waals surface area contributed by atoms with Crippen molar-refractivity contribution in [1.29, 1.82) is 0 Å². The zero-order valence-electron chi connectivity index (χ0n) is 17.4. The number of rotatable bonds is 11. The average molecular weight is 504 g/mol. The zero-order chi connectivity index (χ0) is 19.2. The van der Waals surface area contributed by atoms with Gasteiger partial charge in [-0.25, -0.2) is 0 Å². The SMILES string of the molecule is CCCCOc1ccc(CCNC(=NCCN2CCOCC2)NCC)cc1.I. The van der Waals surface area contributed by atoms with Crippen LogP contribution in [-0.4, -0.2) is 69.9 Å². The summed E-state index contributed by atoms with van der Waals surface area (Å²) in [5.74, 6) is 1.85. The van der Waals surface area contributed by atoms with Gasteiger partial charge in [0.15, 0.2) is 5.96 Å². The van der Waals surface area contributed by atoms with E-state index in [-0.39, 0.29) is 24.0 Å². The third kappa shape index (κ3) is 10.5. The van der Waals surface area contributed by atoms with Crippen molar-refractivity contribution in [1.82, 2.24) is 15.5 Å². The van der Waals surface area contributed by atoms with E-state index >= 15 is 0 Å². The molecule has 0 radical (unpaired) electrons. The fourth-order valence-electron chi connectivity index (χ4n) is 2.88. The van der Waals surface area contributed by atoms with Gasteiger partial charge in [0, 0.05) is 32.7 Å². The van der Waals surface area contributed by atoms with E-state index in [1.54, 1.807) is 0 Å². The minimum absolute atomic E-state index is 0. The number of guanidine groups is 1. The average Bonchev–Trinajstić information content (AvgIpc) is 2.70. The van der Waals surface area contributed by atoms with Gasteiger partial charge in [0.1, 0.15) is 5.75 Å². The summed E-state index contributed by atoms with van der Waals surface area (Å²) in [6.07, 6.45) is 3.22. The highest BCUT2D eigenvalue weighted by molar-refractivity contribution is 14.0. The number of nitrogens with one attached hydrogen (secondary N) is 2.